The minimum absolute atomic E-state index is 0.000556. The Morgan fingerprint density at radius 3 is 1.36 bits per heavy atom. The van der Waals surface area contributed by atoms with Gasteiger partial charge in [0, 0.05) is 0 Å². The molecule has 1 aliphatic rings. The number of rotatable bonds is 0. The lowest BCUT2D eigenvalue weighted by Gasteiger charge is -2.16. The topological polar surface area (TPSA) is 95.3 Å². The maximum atomic E-state index is 8.77. The Bertz CT molecular complexity index is 433. The van der Waals surface area contributed by atoms with Gasteiger partial charge < -0.3 is 0 Å². The Morgan fingerprint density at radius 1 is 0.857 bits per heavy atom. The van der Waals surface area contributed by atoms with Crippen molar-refractivity contribution in [2.45, 2.75) is 13.8 Å². The van der Waals surface area contributed by atoms with Crippen LogP contribution in [-0.4, -0.2) is 11.4 Å². The number of nitrogens with zero attached hydrogens (tertiary/aromatic N) is 2. The molecule has 1 rings (SSSR count). The van der Waals surface area contributed by atoms with Crippen molar-refractivity contribution < 1.29 is 0 Å². The molecule has 68 valence electrons. The van der Waals surface area contributed by atoms with Crippen molar-refractivity contribution in [2.75, 3.05) is 0 Å². The maximum Gasteiger partial charge on any atom is 0.103 e. The largest absolute Gasteiger partial charge is 0.299 e. The zero-order chi connectivity index (χ0) is 10.9. The van der Waals surface area contributed by atoms with Crippen LogP contribution >= 0.6 is 0 Å². The second-order valence-corrected chi connectivity index (χ2v) is 2.97. The third kappa shape index (κ3) is 1.14. The predicted octanol–water partition coefficient (Wildman–Crippen LogP) is 1.72. The number of nitrogens with one attached hydrogen (secondary N) is 2. The normalized spacial score (nSPS) is 16.9. The molecule has 0 spiro atoms. The minimum Gasteiger partial charge on any atom is -0.299 e. The molecule has 0 amide bonds. The maximum absolute atomic E-state index is 8.77. The van der Waals surface area contributed by atoms with Crippen LogP contribution in [0, 0.1) is 33.5 Å². The Morgan fingerprint density at radius 2 is 1.14 bits per heavy atom. The molecule has 0 saturated heterocycles. The summed E-state index contributed by atoms with van der Waals surface area (Å²) in [5, 5.41) is 32.8. The van der Waals surface area contributed by atoms with Crippen molar-refractivity contribution in [2.24, 2.45) is 0 Å². The molecular formula is C10H8N4. The lowest BCUT2D eigenvalue weighted by Crippen LogP contribution is -2.19. The van der Waals surface area contributed by atoms with E-state index in [0.29, 0.717) is 11.1 Å². The molecule has 4 nitrogen and oxygen atoms in total. The molecule has 0 aliphatic heterocycles. The summed E-state index contributed by atoms with van der Waals surface area (Å²) in [6, 6.07) is 3.59. The van der Waals surface area contributed by atoms with Crippen molar-refractivity contribution in [1.82, 2.24) is 0 Å². The highest BCUT2D eigenvalue weighted by molar-refractivity contribution is 6.29. The van der Waals surface area contributed by atoms with Gasteiger partial charge in [0.05, 0.1) is 22.6 Å². The first-order valence-corrected chi connectivity index (χ1v) is 3.95. The van der Waals surface area contributed by atoms with Crippen LogP contribution in [0.3, 0.4) is 0 Å². The van der Waals surface area contributed by atoms with Gasteiger partial charge >= 0.3 is 0 Å². The molecule has 0 aromatic heterocycles. The van der Waals surface area contributed by atoms with E-state index in [1.165, 1.54) is 0 Å². The fourth-order valence-corrected chi connectivity index (χ4v) is 1.22. The lowest BCUT2D eigenvalue weighted by molar-refractivity contribution is 1.31. The van der Waals surface area contributed by atoms with Crippen LogP contribution in [0.15, 0.2) is 22.3 Å². The fraction of sp³-hybridized carbons (Fsp3) is 0.200. The summed E-state index contributed by atoms with van der Waals surface area (Å²) in [6.07, 6.45) is 0. The second kappa shape index (κ2) is 3.27. The van der Waals surface area contributed by atoms with Gasteiger partial charge in [-0.25, -0.2) is 0 Å². The molecule has 0 unspecified atom stereocenters. The van der Waals surface area contributed by atoms with Crippen molar-refractivity contribution in [3.63, 3.8) is 0 Å². The van der Waals surface area contributed by atoms with E-state index in [1.807, 2.05) is 0 Å². The summed E-state index contributed by atoms with van der Waals surface area (Å²) in [6.45, 7) is 3.36. The van der Waals surface area contributed by atoms with E-state index in [0.717, 1.165) is 0 Å². The van der Waals surface area contributed by atoms with Crippen LogP contribution in [0.1, 0.15) is 13.8 Å². The third-order valence-electron chi connectivity index (χ3n) is 2.29. The van der Waals surface area contributed by atoms with E-state index in [1.54, 1.807) is 26.0 Å². The third-order valence-corrected chi connectivity index (χ3v) is 2.29. The molecule has 0 radical (unpaired) electrons. The van der Waals surface area contributed by atoms with Crippen LogP contribution in [0.2, 0.25) is 0 Å². The summed E-state index contributed by atoms with van der Waals surface area (Å²) < 4.78 is 0. The highest BCUT2D eigenvalue weighted by atomic mass is 14.5. The Kier molecular flexibility index (Phi) is 2.31. The molecule has 0 atom stereocenters. The minimum atomic E-state index is 0.000556. The highest BCUT2D eigenvalue weighted by Gasteiger charge is 2.25. The van der Waals surface area contributed by atoms with E-state index in [9.17, 15) is 0 Å². The summed E-state index contributed by atoms with van der Waals surface area (Å²) in [5.74, 6) is 0. The zero-order valence-electron chi connectivity index (χ0n) is 7.89. The summed E-state index contributed by atoms with van der Waals surface area (Å²) in [4.78, 5) is 0. The van der Waals surface area contributed by atoms with Crippen LogP contribution in [-0.2, 0) is 0 Å². The van der Waals surface area contributed by atoms with Gasteiger partial charge in [0.15, 0.2) is 0 Å². The van der Waals surface area contributed by atoms with Crippen LogP contribution in [0.5, 0.6) is 0 Å². The summed E-state index contributed by atoms with van der Waals surface area (Å²) in [5.41, 5.74) is 1.28. The number of nitriles is 2. The van der Waals surface area contributed by atoms with Gasteiger partial charge in [-0.2, -0.15) is 10.5 Å². The smallest absolute Gasteiger partial charge is 0.103 e. The van der Waals surface area contributed by atoms with Gasteiger partial charge in [-0.1, -0.05) is 0 Å². The molecule has 14 heavy (non-hydrogen) atoms. The van der Waals surface area contributed by atoms with Gasteiger partial charge in [-0.05, 0) is 25.0 Å². The second-order valence-electron chi connectivity index (χ2n) is 2.97. The highest BCUT2D eigenvalue weighted by Crippen LogP contribution is 2.23. The van der Waals surface area contributed by atoms with Gasteiger partial charge in [0.25, 0.3) is 0 Å². The van der Waals surface area contributed by atoms with Crippen molar-refractivity contribution in [3.05, 3.63) is 22.3 Å². The lowest BCUT2D eigenvalue weighted by atomic mass is 9.85. The van der Waals surface area contributed by atoms with E-state index in [2.05, 4.69) is 0 Å². The first-order valence-electron chi connectivity index (χ1n) is 3.95. The average Bonchev–Trinajstić information content (AvgIpc) is 2.20. The Labute approximate surface area is 81.8 Å². The molecule has 0 fully saturated rings. The molecule has 0 aromatic rings. The SMILES string of the molecule is CC1=C(C)C(=N)C(C#N)=C(C#N)C1=N. The van der Waals surface area contributed by atoms with Crippen molar-refractivity contribution in [1.29, 1.82) is 21.3 Å². The Hall–Kier alpha value is -2.20. The van der Waals surface area contributed by atoms with Crippen LogP contribution in [0.25, 0.3) is 0 Å². The summed E-state index contributed by atoms with van der Waals surface area (Å²) >= 11 is 0. The first kappa shape index (κ1) is 9.88. The monoisotopic (exact) mass is 184 g/mol. The van der Waals surface area contributed by atoms with E-state index < -0.39 is 0 Å². The van der Waals surface area contributed by atoms with Crippen LogP contribution in [0.4, 0.5) is 0 Å². The quantitative estimate of drug-likeness (QED) is 0.560. The molecule has 2 N–H and O–H groups in total. The van der Waals surface area contributed by atoms with Crippen LogP contribution < -0.4 is 0 Å². The van der Waals surface area contributed by atoms with Gasteiger partial charge in [-0.15, -0.1) is 0 Å². The first-order chi connectivity index (χ1) is 6.54. The molecule has 0 aromatic carbocycles. The molecule has 4 heteroatoms. The van der Waals surface area contributed by atoms with Gasteiger partial charge in [0.1, 0.15) is 12.1 Å². The standard InChI is InChI=1S/C10H8N4/c1-5-6(2)10(14)8(4-12)7(3-11)9(5)13/h13-14H,1-2H3. The molecule has 0 saturated carbocycles. The Balaban J connectivity index is 3.51. The van der Waals surface area contributed by atoms with E-state index >= 15 is 0 Å². The molecular weight excluding hydrogens is 176 g/mol. The van der Waals surface area contributed by atoms with Crippen molar-refractivity contribution in [3.8, 4) is 12.1 Å². The zero-order valence-corrected chi connectivity index (χ0v) is 7.89. The number of hydrogen-bond donors (Lipinski definition) is 2. The predicted molar refractivity (Wildman–Crippen MR) is 52.1 cm³/mol. The van der Waals surface area contributed by atoms with Gasteiger partial charge in [-0.3, -0.25) is 10.8 Å². The molecule has 0 heterocycles. The van der Waals surface area contributed by atoms with Crippen molar-refractivity contribution >= 4 is 11.4 Å². The van der Waals surface area contributed by atoms with E-state index in [-0.39, 0.29) is 22.6 Å². The molecule has 1 aliphatic carbocycles. The average molecular weight is 184 g/mol. The van der Waals surface area contributed by atoms with E-state index in [4.69, 9.17) is 21.3 Å². The summed E-state index contributed by atoms with van der Waals surface area (Å²) in [7, 11) is 0. The fourth-order valence-electron chi connectivity index (χ4n) is 1.22. The molecule has 0 bridgehead atoms. The number of allylic oxidation sites excluding steroid dienone is 4. The van der Waals surface area contributed by atoms with Gasteiger partial charge in [0.2, 0.25) is 0 Å². The number of hydrogen-bond acceptors (Lipinski definition) is 4.